The number of carbonyl (C=O) groups is 1. The Morgan fingerprint density at radius 1 is 0.960 bits per heavy atom. The van der Waals surface area contributed by atoms with Crippen molar-refractivity contribution in [3.05, 3.63) is 78.2 Å². The minimum Gasteiger partial charge on any atom is -0.352 e. The van der Waals surface area contributed by atoms with Gasteiger partial charge in [-0.05, 0) is 49.1 Å². The maximum atomic E-state index is 11.9. The third-order valence-corrected chi connectivity index (χ3v) is 3.92. The van der Waals surface area contributed by atoms with Crippen LogP contribution in [-0.2, 0) is 6.42 Å². The lowest BCUT2D eigenvalue weighted by Gasteiger charge is -2.06. The Bertz CT molecular complexity index is 789. The molecule has 5 heteroatoms. The van der Waals surface area contributed by atoms with Crippen molar-refractivity contribution in [2.24, 2.45) is 0 Å². The van der Waals surface area contributed by atoms with E-state index < -0.39 is 0 Å². The Labute approximate surface area is 147 Å². The summed E-state index contributed by atoms with van der Waals surface area (Å²) in [5, 5.41) is 10.9. The Morgan fingerprint density at radius 3 is 2.52 bits per heavy atom. The van der Waals surface area contributed by atoms with Crippen LogP contribution in [0.15, 0.2) is 67.1 Å². The molecule has 0 fully saturated rings. The van der Waals surface area contributed by atoms with Gasteiger partial charge in [-0.3, -0.25) is 9.78 Å². The molecule has 126 valence electrons. The number of nitrogens with zero attached hydrogens (tertiary/aromatic N) is 3. The summed E-state index contributed by atoms with van der Waals surface area (Å²) in [6.45, 7) is 0.672. The first-order valence-electron chi connectivity index (χ1n) is 8.38. The molecule has 25 heavy (non-hydrogen) atoms. The van der Waals surface area contributed by atoms with Crippen LogP contribution in [0.25, 0.3) is 11.3 Å². The van der Waals surface area contributed by atoms with E-state index >= 15 is 0 Å². The SMILES string of the molecule is O=C(NCCCCc1ccc(-c2cccnn2)cc1)c1cccnc1. The van der Waals surface area contributed by atoms with E-state index in [-0.39, 0.29) is 5.91 Å². The topological polar surface area (TPSA) is 67.8 Å². The molecule has 3 rings (SSSR count). The molecular formula is C20H20N4O. The van der Waals surface area contributed by atoms with Gasteiger partial charge in [-0.2, -0.15) is 10.2 Å². The second-order valence-electron chi connectivity index (χ2n) is 5.76. The Balaban J connectivity index is 1.40. The number of nitrogens with one attached hydrogen (secondary N) is 1. The van der Waals surface area contributed by atoms with Gasteiger partial charge in [0.05, 0.1) is 11.3 Å². The van der Waals surface area contributed by atoms with Gasteiger partial charge < -0.3 is 5.32 Å². The van der Waals surface area contributed by atoms with Gasteiger partial charge in [-0.1, -0.05) is 24.3 Å². The molecule has 0 spiro atoms. The average molecular weight is 332 g/mol. The predicted octanol–water partition coefficient (Wildman–Crippen LogP) is 3.29. The van der Waals surface area contributed by atoms with Crippen molar-refractivity contribution >= 4 is 5.91 Å². The first kappa shape index (κ1) is 16.8. The number of unbranched alkanes of at least 4 members (excludes halogenated alkanes) is 1. The maximum Gasteiger partial charge on any atom is 0.252 e. The predicted molar refractivity (Wildman–Crippen MR) is 97.0 cm³/mol. The number of hydrogen-bond acceptors (Lipinski definition) is 4. The van der Waals surface area contributed by atoms with Gasteiger partial charge in [0.1, 0.15) is 0 Å². The second-order valence-corrected chi connectivity index (χ2v) is 5.76. The minimum absolute atomic E-state index is 0.0681. The molecule has 0 unspecified atom stereocenters. The van der Waals surface area contributed by atoms with E-state index in [1.807, 2.05) is 12.1 Å². The van der Waals surface area contributed by atoms with Gasteiger partial charge >= 0.3 is 0 Å². The van der Waals surface area contributed by atoms with Crippen LogP contribution in [0.4, 0.5) is 0 Å². The molecule has 0 aliphatic rings. The number of carbonyl (C=O) groups excluding carboxylic acids is 1. The average Bonchev–Trinajstić information content (AvgIpc) is 2.69. The number of hydrogen-bond donors (Lipinski definition) is 1. The van der Waals surface area contributed by atoms with E-state index in [1.165, 1.54) is 5.56 Å². The van der Waals surface area contributed by atoms with Crippen LogP contribution in [0.1, 0.15) is 28.8 Å². The van der Waals surface area contributed by atoms with Gasteiger partial charge in [0.2, 0.25) is 0 Å². The molecule has 2 heterocycles. The van der Waals surface area contributed by atoms with Crippen LogP contribution in [0.2, 0.25) is 0 Å². The van der Waals surface area contributed by atoms with Crippen molar-refractivity contribution in [1.29, 1.82) is 0 Å². The largest absolute Gasteiger partial charge is 0.352 e. The fourth-order valence-electron chi connectivity index (χ4n) is 2.55. The summed E-state index contributed by atoms with van der Waals surface area (Å²) in [7, 11) is 0. The molecule has 3 aromatic rings. The number of amides is 1. The highest BCUT2D eigenvalue weighted by Gasteiger charge is 2.04. The highest BCUT2D eigenvalue weighted by molar-refractivity contribution is 5.93. The van der Waals surface area contributed by atoms with Gasteiger partial charge in [-0.25, -0.2) is 0 Å². The van der Waals surface area contributed by atoms with E-state index in [0.29, 0.717) is 12.1 Å². The van der Waals surface area contributed by atoms with E-state index in [1.54, 1.807) is 30.7 Å². The van der Waals surface area contributed by atoms with Crippen LogP contribution in [-0.4, -0.2) is 27.6 Å². The summed E-state index contributed by atoms with van der Waals surface area (Å²) < 4.78 is 0. The molecule has 1 aromatic carbocycles. The first-order valence-corrected chi connectivity index (χ1v) is 8.38. The number of aryl methyl sites for hydroxylation is 1. The van der Waals surface area contributed by atoms with Crippen LogP contribution in [0, 0.1) is 0 Å². The third-order valence-electron chi connectivity index (χ3n) is 3.92. The third kappa shape index (κ3) is 4.94. The number of rotatable bonds is 7. The van der Waals surface area contributed by atoms with Crippen LogP contribution >= 0.6 is 0 Å². The summed E-state index contributed by atoms with van der Waals surface area (Å²) in [5.41, 5.74) is 3.83. The van der Waals surface area contributed by atoms with Gasteiger partial charge in [-0.15, -0.1) is 0 Å². The van der Waals surface area contributed by atoms with Crippen molar-refractivity contribution in [3.63, 3.8) is 0 Å². The van der Waals surface area contributed by atoms with Crippen molar-refractivity contribution in [3.8, 4) is 11.3 Å². The zero-order chi connectivity index (χ0) is 17.3. The summed E-state index contributed by atoms with van der Waals surface area (Å²) in [4.78, 5) is 15.8. The highest BCUT2D eigenvalue weighted by atomic mass is 16.1. The molecule has 1 amide bonds. The quantitative estimate of drug-likeness (QED) is 0.674. The van der Waals surface area contributed by atoms with Crippen LogP contribution < -0.4 is 5.32 Å². The first-order chi connectivity index (χ1) is 12.3. The van der Waals surface area contributed by atoms with E-state index in [4.69, 9.17) is 0 Å². The van der Waals surface area contributed by atoms with Crippen LogP contribution in [0.3, 0.4) is 0 Å². The normalized spacial score (nSPS) is 10.4. The summed E-state index contributed by atoms with van der Waals surface area (Å²) in [6.07, 6.45) is 7.87. The fraction of sp³-hybridized carbons (Fsp3) is 0.200. The smallest absolute Gasteiger partial charge is 0.252 e. The molecule has 0 aliphatic heterocycles. The summed E-state index contributed by atoms with van der Waals surface area (Å²) in [5.74, 6) is -0.0681. The molecule has 0 saturated carbocycles. The van der Waals surface area contributed by atoms with Crippen molar-refractivity contribution in [2.45, 2.75) is 19.3 Å². The summed E-state index contributed by atoms with van der Waals surface area (Å²) in [6, 6.07) is 15.8. The lowest BCUT2D eigenvalue weighted by Crippen LogP contribution is -2.24. The monoisotopic (exact) mass is 332 g/mol. The van der Waals surface area contributed by atoms with Crippen LogP contribution in [0.5, 0.6) is 0 Å². The Hall–Kier alpha value is -3.08. The molecule has 2 aromatic heterocycles. The number of aromatic nitrogens is 3. The van der Waals surface area contributed by atoms with E-state index in [2.05, 4.69) is 44.8 Å². The maximum absolute atomic E-state index is 11.9. The molecule has 1 N–H and O–H groups in total. The van der Waals surface area contributed by atoms with E-state index in [9.17, 15) is 4.79 Å². The van der Waals surface area contributed by atoms with Crippen molar-refractivity contribution < 1.29 is 4.79 Å². The Kier molecular flexibility index (Phi) is 5.82. The molecular weight excluding hydrogens is 312 g/mol. The Morgan fingerprint density at radius 2 is 1.80 bits per heavy atom. The highest BCUT2D eigenvalue weighted by Crippen LogP contribution is 2.17. The minimum atomic E-state index is -0.0681. The van der Waals surface area contributed by atoms with Gasteiger partial charge in [0, 0.05) is 30.7 Å². The molecule has 0 radical (unpaired) electrons. The van der Waals surface area contributed by atoms with Crippen molar-refractivity contribution in [1.82, 2.24) is 20.5 Å². The van der Waals surface area contributed by atoms with Gasteiger partial charge in [0.25, 0.3) is 5.91 Å². The molecule has 0 bridgehead atoms. The zero-order valence-corrected chi connectivity index (χ0v) is 13.9. The molecule has 0 aliphatic carbocycles. The lowest BCUT2D eigenvalue weighted by atomic mass is 10.0. The fourth-order valence-corrected chi connectivity index (χ4v) is 2.55. The van der Waals surface area contributed by atoms with E-state index in [0.717, 1.165) is 30.5 Å². The van der Waals surface area contributed by atoms with Crippen molar-refractivity contribution in [2.75, 3.05) is 6.54 Å². The molecule has 0 atom stereocenters. The number of pyridine rings is 1. The molecule has 0 saturated heterocycles. The summed E-state index contributed by atoms with van der Waals surface area (Å²) >= 11 is 0. The second kappa shape index (κ2) is 8.68. The zero-order valence-electron chi connectivity index (χ0n) is 13.9. The van der Waals surface area contributed by atoms with Gasteiger partial charge in [0.15, 0.2) is 0 Å². The standard InChI is InChI=1S/C20H20N4O/c25-20(18-6-3-12-21-15-18)22-13-2-1-5-16-8-10-17(11-9-16)19-7-4-14-23-24-19/h3-4,6-12,14-15H,1-2,5,13H2,(H,22,25). The lowest BCUT2D eigenvalue weighted by molar-refractivity contribution is 0.0952. The number of benzene rings is 1. The molecule has 5 nitrogen and oxygen atoms in total.